The molecule has 2 unspecified atom stereocenters. The van der Waals surface area contributed by atoms with Gasteiger partial charge < -0.3 is 10.1 Å². The summed E-state index contributed by atoms with van der Waals surface area (Å²) in [4.78, 5) is 0. The third-order valence-electron chi connectivity index (χ3n) is 3.42. The summed E-state index contributed by atoms with van der Waals surface area (Å²) in [5.74, 6) is 0.983. The van der Waals surface area contributed by atoms with Crippen LogP contribution < -0.4 is 5.32 Å². The second kappa shape index (κ2) is 5.13. The predicted octanol–water partition coefficient (Wildman–Crippen LogP) is 2.33. The molecule has 0 aromatic carbocycles. The van der Waals surface area contributed by atoms with Crippen molar-refractivity contribution in [1.82, 2.24) is 5.32 Å². The Balaban J connectivity index is 1.65. The summed E-state index contributed by atoms with van der Waals surface area (Å²) >= 11 is 0. The second-order valence-electron chi connectivity index (χ2n) is 4.78. The average molecular weight is 197 g/mol. The summed E-state index contributed by atoms with van der Waals surface area (Å²) in [5.41, 5.74) is 0. The number of ether oxygens (including phenoxy) is 1. The van der Waals surface area contributed by atoms with E-state index in [4.69, 9.17) is 4.74 Å². The predicted molar refractivity (Wildman–Crippen MR) is 58.4 cm³/mol. The number of hydrogen-bond acceptors (Lipinski definition) is 2. The normalized spacial score (nSPS) is 29.4. The molecule has 14 heavy (non-hydrogen) atoms. The zero-order valence-corrected chi connectivity index (χ0v) is 9.30. The number of nitrogens with one attached hydrogen (secondary N) is 1. The zero-order valence-electron chi connectivity index (χ0n) is 9.30. The van der Waals surface area contributed by atoms with Crippen LogP contribution in [0.1, 0.15) is 45.4 Å². The van der Waals surface area contributed by atoms with E-state index >= 15 is 0 Å². The SMILES string of the molecule is CCCC(NCC1CCCO1)C1CC1. The Hall–Kier alpha value is -0.0800. The van der Waals surface area contributed by atoms with Crippen LogP contribution in [-0.4, -0.2) is 25.3 Å². The topological polar surface area (TPSA) is 21.3 Å². The van der Waals surface area contributed by atoms with Gasteiger partial charge >= 0.3 is 0 Å². The van der Waals surface area contributed by atoms with Crippen LogP contribution in [0.15, 0.2) is 0 Å². The van der Waals surface area contributed by atoms with Crippen molar-refractivity contribution in [2.24, 2.45) is 5.92 Å². The van der Waals surface area contributed by atoms with Crippen LogP contribution in [-0.2, 0) is 4.74 Å². The largest absolute Gasteiger partial charge is 0.377 e. The van der Waals surface area contributed by atoms with Gasteiger partial charge in [-0.25, -0.2) is 0 Å². The molecule has 0 aromatic rings. The lowest BCUT2D eigenvalue weighted by Gasteiger charge is -2.19. The first-order chi connectivity index (χ1) is 6.90. The zero-order chi connectivity index (χ0) is 9.80. The Morgan fingerprint density at radius 2 is 2.21 bits per heavy atom. The van der Waals surface area contributed by atoms with E-state index in [-0.39, 0.29) is 0 Å². The van der Waals surface area contributed by atoms with Gasteiger partial charge in [-0.2, -0.15) is 0 Å². The number of rotatable bonds is 6. The molecule has 82 valence electrons. The van der Waals surface area contributed by atoms with Gasteiger partial charge in [0.05, 0.1) is 6.10 Å². The van der Waals surface area contributed by atoms with Crippen molar-refractivity contribution in [2.45, 2.75) is 57.6 Å². The van der Waals surface area contributed by atoms with Gasteiger partial charge in [-0.3, -0.25) is 0 Å². The first-order valence-electron chi connectivity index (χ1n) is 6.25. The Labute approximate surface area is 87.4 Å². The van der Waals surface area contributed by atoms with E-state index < -0.39 is 0 Å². The quantitative estimate of drug-likeness (QED) is 0.705. The van der Waals surface area contributed by atoms with Crippen molar-refractivity contribution < 1.29 is 4.74 Å². The average Bonchev–Trinajstić information content (AvgIpc) is 2.90. The van der Waals surface area contributed by atoms with E-state index in [1.54, 1.807) is 0 Å². The van der Waals surface area contributed by atoms with Gasteiger partial charge in [0.25, 0.3) is 0 Å². The van der Waals surface area contributed by atoms with Crippen LogP contribution in [0, 0.1) is 5.92 Å². The molecular formula is C12H23NO. The highest BCUT2D eigenvalue weighted by molar-refractivity contribution is 4.86. The van der Waals surface area contributed by atoms with Gasteiger partial charge in [-0.1, -0.05) is 13.3 Å². The van der Waals surface area contributed by atoms with Gasteiger partial charge in [0.2, 0.25) is 0 Å². The molecule has 1 saturated heterocycles. The molecule has 0 radical (unpaired) electrons. The van der Waals surface area contributed by atoms with Crippen molar-refractivity contribution in [1.29, 1.82) is 0 Å². The molecular weight excluding hydrogens is 174 g/mol. The highest BCUT2D eigenvalue weighted by Crippen LogP contribution is 2.34. The minimum Gasteiger partial charge on any atom is -0.377 e. The maximum atomic E-state index is 5.62. The third-order valence-corrected chi connectivity index (χ3v) is 3.42. The third kappa shape index (κ3) is 2.96. The molecule has 1 N–H and O–H groups in total. The van der Waals surface area contributed by atoms with E-state index in [0.29, 0.717) is 6.10 Å². The smallest absolute Gasteiger partial charge is 0.0700 e. The lowest BCUT2D eigenvalue weighted by atomic mass is 10.1. The summed E-state index contributed by atoms with van der Waals surface area (Å²) in [5, 5.41) is 3.70. The monoisotopic (exact) mass is 197 g/mol. The van der Waals surface area contributed by atoms with Crippen LogP contribution in [0.3, 0.4) is 0 Å². The van der Waals surface area contributed by atoms with Crippen LogP contribution in [0.5, 0.6) is 0 Å². The molecule has 2 heteroatoms. The molecule has 0 aromatic heterocycles. The molecule has 2 nitrogen and oxygen atoms in total. The Morgan fingerprint density at radius 1 is 1.36 bits per heavy atom. The van der Waals surface area contributed by atoms with Crippen molar-refractivity contribution in [2.75, 3.05) is 13.2 Å². The molecule has 2 aliphatic rings. The van der Waals surface area contributed by atoms with Gasteiger partial charge in [-0.05, 0) is 38.0 Å². The first-order valence-corrected chi connectivity index (χ1v) is 6.25. The van der Waals surface area contributed by atoms with E-state index in [1.165, 1.54) is 38.5 Å². The van der Waals surface area contributed by atoms with Crippen LogP contribution in [0.25, 0.3) is 0 Å². The first kappa shape index (κ1) is 10.4. The van der Waals surface area contributed by atoms with Gasteiger partial charge in [0.15, 0.2) is 0 Å². The van der Waals surface area contributed by atoms with Gasteiger partial charge in [0, 0.05) is 19.2 Å². The van der Waals surface area contributed by atoms with Gasteiger partial charge in [0.1, 0.15) is 0 Å². The maximum Gasteiger partial charge on any atom is 0.0700 e. The highest BCUT2D eigenvalue weighted by atomic mass is 16.5. The Bertz CT molecular complexity index is 162. The summed E-state index contributed by atoms with van der Waals surface area (Å²) in [6.45, 7) is 4.35. The van der Waals surface area contributed by atoms with Crippen molar-refractivity contribution in [3.8, 4) is 0 Å². The molecule has 1 saturated carbocycles. The fourth-order valence-electron chi connectivity index (χ4n) is 2.40. The lowest BCUT2D eigenvalue weighted by molar-refractivity contribution is 0.106. The summed E-state index contributed by atoms with van der Waals surface area (Å²) < 4.78 is 5.62. The molecule has 2 rings (SSSR count). The molecule has 0 amide bonds. The molecule has 1 aliphatic heterocycles. The molecule has 0 spiro atoms. The van der Waals surface area contributed by atoms with E-state index in [1.807, 2.05) is 0 Å². The molecule has 1 heterocycles. The Kier molecular flexibility index (Phi) is 3.82. The van der Waals surface area contributed by atoms with Crippen LogP contribution in [0.4, 0.5) is 0 Å². The fourth-order valence-corrected chi connectivity index (χ4v) is 2.40. The summed E-state index contributed by atoms with van der Waals surface area (Å²) in [6, 6.07) is 0.782. The molecule has 1 aliphatic carbocycles. The van der Waals surface area contributed by atoms with Crippen molar-refractivity contribution >= 4 is 0 Å². The number of hydrogen-bond donors (Lipinski definition) is 1. The van der Waals surface area contributed by atoms with Crippen LogP contribution in [0.2, 0.25) is 0 Å². The highest BCUT2D eigenvalue weighted by Gasteiger charge is 2.30. The van der Waals surface area contributed by atoms with E-state index in [0.717, 1.165) is 25.1 Å². The minimum atomic E-state index is 0.508. The van der Waals surface area contributed by atoms with E-state index in [2.05, 4.69) is 12.2 Å². The fraction of sp³-hybridized carbons (Fsp3) is 1.00. The molecule has 2 atom stereocenters. The van der Waals surface area contributed by atoms with Crippen molar-refractivity contribution in [3.05, 3.63) is 0 Å². The summed E-state index contributed by atoms with van der Waals surface area (Å²) in [7, 11) is 0. The maximum absolute atomic E-state index is 5.62. The summed E-state index contributed by atoms with van der Waals surface area (Å²) in [6.07, 6.45) is 8.57. The van der Waals surface area contributed by atoms with Crippen LogP contribution >= 0.6 is 0 Å². The molecule has 0 bridgehead atoms. The Morgan fingerprint density at radius 3 is 2.79 bits per heavy atom. The van der Waals surface area contributed by atoms with E-state index in [9.17, 15) is 0 Å². The lowest BCUT2D eigenvalue weighted by Crippen LogP contribution is -2.36. The minimum absolute atomic E-state index is 0.508. The van der Waals surface area contributed by atoms with Gasteiger partial charge in [-0.15, -0.1) is 0 Å². The standard InChI is InChI=1S/C12H23NO/c1-2-4-12(10-6-7-10)13-9-11-5-3-8-14-11/h10-13H,2-9H2,1H3. The molecule has 2 fully saturated rings. The van der Waals surface area contributed by atoms with Crippen molar-refractivity contribution in [3.63, 3.8) is 0 Å². The second-order valence-corrected chi connectivity index (χ2v) is 4.78.